The Bertz CT molecular complexity index is 1700. The fraction of sp³-hybridized carbons (Fsp3) is 0.0357. The smallest absolute Gasteiger partial charge is 0.309 e. The molecule has 0 saturated heterocycles. The molecule has 0 aliphatic rings. The number of ether oxygens (including phenoxy) is 2. The predicted octanol–water partition coefficient (Wildman–Crippen LogP) is 5.61. The van der Waals surface area contributed by atoms with Crippen LogP contribution >= 0.6 is 11.6 Å². The number of nitriles is 1. The summed E-state index contributed by atoms with van der Waals surface area (Å²) in [4.78, 5) is 22.3. The molecular formula is C28H20ClN7O4. The van der Waals surface area contributed by atoms with Crippen molar-refractivity contribution in [1.82, 2.24) is 20.0 Å². The monoisotopic (exact) mass is 553 g/mol. The average molecular weight is 554 g/mol. The standard InChI is InChI=1S/C28H20ClN7O4/c29-20-8-6-19(7-9-20)17-36-26(37)24(34-28(32-18-30)40-22-4-2-1-3-5-22)16-31-27(36)33-21-10-12-23(13-11-21)39-25-14-15-38-35-25/h1-16H,17H2,(H,31,33)(H,32,34). The Kier molecular flexibility index (Phi) is 8.00. The van der Waals surface area contributed by atoms with E-state index in [-0.39, 0.29) is 24.2 Å². The molecule has 5 aromatic rings. The van der Waals surface area contributed by atoms with Crippen molar-refractivity contribution in [3.05, 3.63) is 118 Å². The Morgan fingerprint density at radius 1 is 1.02 bits per heavy atom. The lowest BCUT2D eigenvalue weighted by atomic mass is 10.2. The van der Waals surface area contributed by atoms with E-state index < -0.39 is 5.56 Å². The lowest BCUT2D eigenvalue weighted by Gasteiger charge is -2.15. The molecule has 2 heterocycles. The number of aromatic nitrogens is 3. The quantitative estimate of drug-likeness (QED) is 0.109. The van der Waals surface area contributed by atoms with Gasteiger partial charge in [-0.1, -0.05) is 41.9 Å². The predicted molar refractivity (Wildman–Crippen MR) is 148 cm³/mol. The number of halogens is 1. The molecule has 0 radical (unpaired) electrons. The molecule has 0 aliphatic carbocycles. The number of hydrogen-bond donors (Lipinski definition) is 2. The summed E-state index contributed by atoms with van der Waals surface area (Å²) in [7, 11) is 0. The summed E-state index contributed by atoms with van der Waals surface area (Å²) < 4.78 is 17.4. The lowest BCUT2D eigenvalue weighted by Crippen LogP contribution is -2.27. The largest absolute Gasteiger partial charge is 0.436 e. The molecule has 0 fully saturated rings. The van der Waals surface area contributed by atoms with Crippen LogP contribution in [0.3, 0.4) is 0 Å². The third-order valence-electron chi connectivity index (χ3n) is 5.37. The molecule has 40 heavy (non-hydrogen) atoms. The third kappa shape index (κ3) is 6.63. The third-order valence-corrected chi connectivity index (χ3v) is 5.62. The van der Waals surface area contributed by atoms with Crippen molar-refractivity contribution in [1.29, 1.82) is 5.26 Å². The molecular weight excluding hydrogens is 534 g/mol. The van der Waals surface area contributed by atoms with Gasteiger partial charge < -0.3 is 19.3 Å². The SMILES string of the molecule is N#CNC(=Nc1cnc(Nc2ccc(Oc3ccon3)cc2)n(Cc2ccc(Cl)cc2)c1=O)Oc1ccccc1. The molecule has 2 N–H and O–H groups in total. The van der Waals surface area contributed by atoms with Crippen molar-refractivity contribution in [2.75, 3.05) is 5.32 Å². The first-order chi connectivity index (χ1) is 19.6. The Labute approximate surface area is 232 Å². The van der Waals surface area contributed by atoms with Gasteiger partial charge in [-0.2, -0.15) is 10.3 Å². The molecule has 2 aromatic heterocycles. The molecule has 0 amide bonds. The lowest BCUT2D eigenvalue weighted by molar-refractivity contribution is 0.367. The van der Waals surface area contributed by atoms with Gasteiger partial charge in [-0.15, -0.1) is 0 Å². The number of anilines is 2. The van der Waals surface area contributed by atoms with E-state index in [9.17, 15) is 10.1 Å². The van der Waals surface area contributed by atoms with E-state index >= 15 is 0 Å². The van der Waals surface area contributed by atoms with Gasteiger partial charge in [0.1, 0.15) is 17.8 Å². The first kappa shape index (κ1) is 26.0. The second-order valence-electron chi connectivity index (χ2n) is 8.14. The number of amidine groups is 1. The van der Waals surface area contributed by atoms with E-state index in [0.29, 0.717) is 28.1 Å². The number of para-hydroxylation sites is 1. The second kappa shape index (κ2) is 12.3. The zero-order valence-electron chi connectivity index (χ0n) is 20.7. The van der Waals surface area contributed by atoms with Crippen LogP contribution in [0.1, 0.15) is 5.56 Å². The number of aliphatic imine (C=N–C) groups is 1. The summed E-state index contributed by atoms with van der Waals surface area (Å²) in [5.74, 6) is 1.58. The Morgan fingerprint density at radius 3 is 2.50 bits per heavy atom. The topological polar surface area (TPSA) is 140 Å². The van der Waals surface area contributed by atoms with Gasteiger partial charge in [-0.3, -0.25) is 9.36 Å². The maximum Gasteiger partial charge on any atom is 0.309 e. The Hall–Kier alpha value is -5.60. The summed E-state index contributed by atoms with van der Waals surface area (Å²) in [6.45, 7) is 0.169. The minimum Gasteiger partial charge on any atom is -0.436 e. The van der Waals surface area contributed by atoms with Crippen molar-refractivity contribution < 1.29 is 14.0 Å². The molecule has 0 bridgehead atoms. The molecule has 0 aliphatic heterocycles. The number of benzene rings is 3. The van der Waals surface area contributed by atoms with Gasteiger partial charge in [-0.05, 0) is 59.3 Å². The Morgan fingerprint density at radius 2 is 1.80 bits per heavy atom. The molecule has 0 saturated carbocycles. The highest BCUT2D eigenvalue weighted by Gasteiger charge is 2.14. The van der Waals surface area contributed by atoms with Crippen LogP contribution in [0.2, 0.25) is 5.02 Å². The summed E-state index contributed by atoms with van der Waals surface area (Å²) in [5, 5.41) is 19.0. The van der Waals surface area contributed by atoms with Crippen LogP contribution < -0.4 is 25.7 Å². The van der Waals surface area contributed by atoms with Gasteiger partial charge in [0.05, 0.1) is 12.7 Å². The van der Waals surface area contributed by atoms with E-state index in [4.69, 9.17) is 25.6 Å². The van der Waals surface area contributed by atoms with Crippen LogP contribution in [-0.4, -0.2) is 20.7 Å². The maximum atomic E-state index is 13.6. The number of hydrogen-bond acceptors (Lipinski definition) is 9. The molecule has 12 heteroatoms. The van der Waals surface area contributed by atoms with Crippen LogP contribution in [0.4, 0.5) is 17.3 Å². The summed E-state index contributed by atoms with van der Waals surface area (Å²) in [5.41, 5.74) is 0.960. The highest BCUT2D eigenvalue weighted by Crippen LogP contribution is 2.24. The van der Waals surface area contributed by atoms with Crippen molar-refractivity contribution in [3.63, 3.8) is 0 Å². The average Bonchev–Trinajstić information content (AvgIpc) is 3.48. The van der Waals surface area contributed by atoms with E-state index in [2.05, 4.69) is 25.8 Å². The first-order valence-electron chi connectivity index (χ1n) is 11.8. The van der Waals surface area contributed by atoms with Crippen molar-refractivity contribution in [2.45, 2.75) is 6.54 Å². The van der Waals surface area contributed by atoms with E-state index in [1.54, 1.807) is 72.9 Å². The summed E-state index contributed by atoms with van der Waals surface area (Å²) in [6, 6.07) is 24.3. The molecule has 0 unspecified atom stereocenters. The number of nitrogens with zero attached hydrogens (tertiary/aromatic N) is 5. The van der Waals surface area contributed by atoms with Gasteiger partial charge in [0, 0.05) is 16.8 Å². The van der Waals surface area contributed by atoms with Crippen molar-refractivity contribution in [2.24, 2.45) is 4.99 Å². The van der Waals surface area contributed by atoms with Crippen LogP contribution in [0.15, 0.2) is 112 Å². The van der Waals surface area contributed by atoms with E-state index in [1.165, 1.54) is 17.0 Å². The van der Waals surface area contributed by atoms with Crippen LogP contribution in [-0.2, 0) is 6.54 Å². The van der Waals surface area contributed by atoms with Gasteiger partial charge in [-0.25, -0.2) is 10.3 Å². The van der Waals surface area contributed by atoms with Gasteiger partial charge >= 0.3 is 6.02 Å². The summed E-state index contributed by atoms with van der Waals surface area (Å²) >= 11 is 6.04. The fourth-order valence-corrected chi connectivity index (χ4v) is 3.65. The fourth-order valence-electron chi connectivity index (χ4n) is 3.52. The van der Waals surface area contributed by atoms with Gasteiger partial charge in [0.25, 0.3) is 11.4 Å². The van der Waals surface area contributed by atoms with Crippen LogP contribution in [0, 0.1) is 11.5 Å². The van der Waals surface area contributed by atoms with Gasteiger partial charge in [0.2, 0.25) is 5.95 Å². The molecule has 3 aromatic carbocycles. The first-order valence-corrected chi connectivity index (χ1v) is 12.2. The minimum absolute atomic E-state index is 0.0374. The zero-order valence-corrected chi connectivity index (χ0v) is 21.4. The molecule has 0 atom stereocenters. The maximum absolute atomic E-state index is 13.6. The van der Waals surface area contributed by atoms with Crippen LogP contribution in [0.5, 0.6) is 17.4 Å². The molecule has 0 spiro atoms. The summed E-state index contributed by atoms with van der Waals surface area (Å²) in [6.07, 6.45) is 4.49. The highest BCUT2D eigenvalue weighted by molar-refractivity contribution is 6.30. The van der Waals surface area contributed by atoms with Crippen molar-refractivity contribution >= 4 is 34.9 Å². The molecule has 198 valence electrons. The Balaban J connectivity index is 1.46. The second-order valence-corrected chi connectivity index (χ2v) is 8.58. The van der Waals surface area contributed by atoms with E-state index in [0.717, 1.165) is 5.56 Å². The number of rotatable bonds is 8. The normalized spacial score (nSPS) is 10.9. The van der Waals surface area contributed by atoms with E-state index in [1.807, 2.05) is 18.2 Å². The molecule has 5 rings (SSSR count). The highest BCUT2D eigenvalue weighted by atomic mass is 35.5. The van der Waals surface area contributed by atoms with Crippen molar-refractivity contribution in [3.8, 4) is 23.6 Å². The molecule has 11 nitrogen and oxygen atoms in total. The minimum atomic E-state index is -0.465. The number of nitrogens with one attached hydrogen (secondary N) is 2. The van der Waals surface area contributed by atoms with Crippen LogP contribution in [0.25, 0.3) is 0 Å². The zero-order chi connectivity index (χ0) is 27.7. The van der Waals surface area contributed by atoms with Gasteiger partial charge in [0.15, 0.2) is 11.9 Å².